The van der Waals surface area contributed by atoms with Gasteiger partial charge in [0.1, 0.15) is 0 Å². The van der Waals surface area contributed by atoms with Crippen molar-refractivity contribution in [3.8, 4) is 0 Å². The van der Waals surface area contributed by atoms with Gasteiger partial charge in [0, 0.05) is 16.7 Å². The zero-order valence-electron chi connectivity index (χ0n) is 12.7. The lowest BCUT2D eigenvalue weighted by Gasteiger charge is -2.37. The third-order valence-corrected chi connectivity index (χ3v) is 3.54. The summed E-state index contributed by atoms with van der Waals surface area (Å²) in [5, 5.41) is 4.35. The van der Waals surface area contributed by atoms with Crippen molar-refractivity contribution in [1.82, 2.24) is 4.90 Å². The Hall–Kier alpha value is -2.29. The van der Waals surface area contributed by atoms with E-state index in [1.165, 1.54) is 0 Å². The predicted molar refractivity (Wildman–Crippen MR) is 84.8 cm³/mol. The molecule has 3 nitrogen and oxygen atoms in total. The lowest BCUT2D eigenvalue weighted by molar-refractivity contribution is -0.0238. The van der Waals surface area contributed by atoms with Crippen LogP contribution in [0.3, 0.4) is 0 Å². The monoisotopic (exact) mass is 280 g/mol. The molecule has 0 bridgehead atoms. The zero-order valence-corrected chi connectivity index (χ0v) is 12.7. The van der Waals surface area contributed by atoms with Crippen LogP contribution in [0.1, 0.15) is 38.1 Å². The highest BCUT2D eigenvalue weighted by Crippen LogP contribution is 2.35. The summed E-state index contributed by atoms with van der Waals surface area (Å²) in [5.74, 6) is 0.886. The summed E-state index contributed by atoms with van der Waals surface area (Å²) in [6.45, 7) is 6.53. The Balaban J connectivity index is 2.00. The summed E-state index contributed by atoms with van der Waals surface area (Å²) in [5.41, 5.74) is 2.10. The van der Waals surface area contributed by atoms with Gasteiger partial charge in [-0.1, -0.05) is 65.8 Å². The first-order valence-corrected chi connectivity index (χ1v) is 7.21. The Labute approximate surface area is 125 Å². The molecule has 1 unspecified atom stereocenters. The summed E-state index contributed by atoms with van der Waals surface area (Å²) in [6, 6.07) is 20.4. The maximum atomic E-state index is 5.76. The first-order valence-electron chi connectivity index (χ1n) is 7.21. The number of rotatable bonds is 2. The minimum absolute atomic E-state index is 0.0916. The van der Waals surface area contributed by atoms with Crippen molar-refractivity contribution < 1.29 is 4.84 Å². The van der Waals surface area contributed by atoms with Gasteiger partial charge in [0.2, 0.25) is 6.23 Å². The van der Waals surface area contributed by atoms with Gasteiger partial charge < -0.3 is 9.74 Å². The lowest BCUT2D eigenvalue weighted by atomic mass is 10.0. The normalized spacial score (nSPS) is 18.3. The van der Waals surface area contributed by atoms with Gasteiger partial charge in [-0.3, -0.25) is 0 Å². The summed E-state index contributed by atoms with van der Waals surface area (Å²) in [4.78, 5) is 7.99. The maximum Gasteiger partial charge on any atom is 0.227 e. The van der Waals surface area contributed by atoms with Gasteiger partial charge in [0.15, 0.2) is 5.84 Å². The molecule has 0 spiro atoms. The van der Waals surface area contributed by atoms with Crippen LogP contribution in [-0.2, 0) is 4.84 Å². The molecule has 0 radical (unpaired) electrons. The van der Waals surface area contributed by atoms with E-state index in [4.69, 9.17) is 4.84 Å². The van der Waals surface area contributed by atoms with Crippen molar-refractivity contribution >= 4 is 5.84 Å². The predicted octanol–water partition coefficient (Wildman–Crippen LogP) is 4.18. The Morgan fingerprint density at radius 1 is 0.905 bits per heavy atom. The smallest absolute Gasteiger partial charge is 0.227 e. The standard InChI is InChI=1S/C18H20N2O/c1-18(2,3)20-16(14-10-6-4-7-11-14)19-21-17(20)15-12-8-5-9-13-15/h4-13,17H,1-3H3. The molecule has 2 aromatic rings. The lowest BCUT2D eigenvalue weighted by Crippen LogP contribution is -2.45. The van der Waals surface area contributed by atoms with Crippen molar-refractivity contribution in [2.45, 2.75) is 32.5 Å². The van der Waals surface area contributed by atoms with E-state index in [9.17, 15) is 0 Å². The molecule has 0 saturated carbocycles. The van der Waals surface area contributed by atoms with Crippen LogP contribution in [0.25, 0.3) is 0 Å². The third-order valence-electron chi connectivity index (χ3n) is 3.54. The van der Waals surface area contributed by atoms with Crippen LogP contribution < -0.4 is 0 Å². The first-order chi connectivity index (χ1) is 10.1. The van der Waals surface area contributed by atoms with E-state index in [0.29, 0.717) is 0 Å². The molecule has 2 aromatic carbocycles. The van der Waals surface area contributed by atoms with Gasteiger partial charge in [-0.2, -0.15) is 0 Å². The molecule has 108 valence electrons. The Morgan fingerprint density at radius 3 is 2.05 bits per heavy atom. The molecule has 0 amide bonds. The maximum absolute atomic E-state index is 5.76. The number of amidine groups is 1. The fourth-order valence-electron chi connectivity index (χ4n) is 2.58. The molecule has 1 aliphatic heterocycles. The summed E-state index contributed by atoms with van der Waals surface area (Å²) >= 11 is 0. The van der Waals surface area contributed by atoms with E-state index in [-0.39, 0.29) is 11.8 Å². The van der Waals surface area contributed by atoms with Gasteiger partial charge in [-0.15, -0.1) is 0 Å². The second-order valence-electron chi connectivity index (χ2n) is 6.19. The van der Waals surface area contributed by atoms with E-state index >= 15 is 0 Å². The van der Waals surface area contributed by atoms with E-state index < -0.39 is 0 Å². The molecular weight excluding hydrogens is 260 g/mol. The Morgan fingerprint density at radius 2 is 1.48 bits per heavy atom. The SMILES string of the molecule is CC(C)(C)N1C(c2ccccc2)=NOC1c1ccccc1. The molecule has 0 saturated heterocycles. The minimum atomic E-state index is -0.179. The highest BCUT2D eigenvalue weighted by Gasteiger charge is 2.39. The van der Waals surface area contributed by atoms with Crippen molar-refractivity contribution in [2.24, 2.45) is 5.16 Å². The van der Waals surface area contributed by atoms with Gasteiger partial charge in [-0.25, -0.2) is 0 Å². The van der Waals surface area contributed by atoms with Crippen LogP contribution in [0, 0.1) is 0 Å². The second-order valence-corrected chi connectivity index (χ2v) is 6.19. The second kappa shape index (κ2) is 5.24. The highest BCUT2D eigenvalue weighted by atomic mass is 16.7. The fourth-order valence-corrected chi connectivity index (χ4v) is 2.58. The highest BCUT2D eigenvalue weighted by molar-refractivity contribution is 5.99. The van der Waals surface area contributed by atoms with Crippen LogP contribution >= 0.6 is 0 Å². The van der Waals surface area contributed by atoms with E-state index in [0.717, 1.165) is 17.0 Å². The van der Waals surface area contributed by atoms with Crippen molar-refractivity contribution in [2.75, 3.05) is 0 Å². The summed E-state index contributed by atoms with van der Waals surface area (Å²) < 4.78 is 0. The number of hydrogen-bond donors (Lipinski definition) is 0. The minimum Gasteiger partial charge on any atom is -0.363 e. The summed E-state index contributed by atoms with van der Waals surface area (Å²) in [6.07, 6.45) is -0.179. The molecule has 21 heavy (non-hydrogen) atoms. The van der Waals surface area contributed by atoms with Gasteiger partial charge in [-0.05, 0) is 20.8 Å². The molecule has 3 heteroatoms. The van der Waals surface area contributed by atoms with Crippen molar-refractivity contribution in [3.63, 3.8) is 0 Å². The topological polar surface area (TPSA) is 24.8 Å². The van der Waals surface area contributed by atoms with Crippen molar-refractivity contribution in [3.05, 3.63) is 71.8 Å². The zero-order chi connectivity index (χ0) is 14.9. The number of hydrogen-bond acceptors (Lipinski definition) is 3. The molecule has 0 N–H and O–H groups in total. The van der Waals surface area contributed by atoms with Crippen LogP contribution in [0.4, 0.5) is 0 Å². The van der Waals surface area contributed by atoms with Gasteiger partial charge in [0.25, 0.3) is 0 Å². The molecule has 1 atom stereocenters. The first kappa shape index (κ1) is 13.7. The molecule has 0 fully saturated rings. The molecule has 1 aliphatic rings. The van der Waals surface area contributed by atoms with Crippen LogP contribution in [-0.4, -0.2) is 16.3 Å². The van der Waals surface area contributed by atoms with E-state index in [2.05, 4.69) is 55.1 Å². The van der Waals surface area contributed by atoms with Crippen LogP contribution in [0.15, 0.2) is 65.8 Å². The molecule has 0 aromatic heterocycles. The average Bonchev–Trinajstić information content (AvgIpc) is 2.94. The Bertz CT molecular complexity index is 629. The number of benzene rings is 2. The van der Waals surface area contributed by atoms with E-state index in [1.807, 2.05) is 36.4 Å². The molecular formula is C18H20N2O. The van der Waals surface area contributed by atoms with Crippen molar-refractivity contribution in [1.29, 1.82) is 0 Å². The molecule has 3 rings (SSSR count). The largest absolute Gasteiger partial charge is 0.363 e. The molecule has 1 heterocycles. The molecule has 0 aliphatic carbocycles. The van der Waals surface area contributed by atoms with E-state index in [1.54, 1.807) is 0 Å². The van der Waals surface area contributed by atoms with Crippen LogP contribution in [0.2, 0.25) is 0 Å². The third kappa shape index (κ3) is 2.64. The average molecular weight is 280 g/mol. The van der Waals surface area contributed by atoms with Gasteiger partial charge >= 0.3 is 0 Å². The van der Waals surface area contributed by atoms with Gasteiger partial charge in [0.05, 0.1) is 0 Å². The number of oxime groups is 1. The quantitative estimate of drug-likeness (QED) is 0.824. The fraction of sp³-hybridized carbons (Fsp3) is 0.278. The van der Waals surface area contributed by atoms with Crippen LogP contribution in [0.5, 0.6) is 0 Å². The Kier molecular flexibility index (Phi) is 3.42. The number of nitrogens with zero attached hydrogens (tertiary/aromatic N) is 2. The summed E-state index contributed by atoms with van der Waals surface area (Å²) in [7, 11) is 0.